The number of amides is 1. The number of halogens is 1. The summed E-state index contributed by atoms with van der Waals surface area (Å²) in [6.45, 7) is 6.19. The standard InChI is InChI=1S/C19H24ClN5O/c1-2-3-7-21-18(26)15-13-22-19(23-14-15)25-10-8-24(9-11-25)17-6-4-5-16(20)12-17/h4-6,12-14H,2-3,7-11H2,1H3,(H,21,26). The molecule has 1 N–H and O–H groups in total. The van der Waals surface area contributed by atoms with Gasteiger partial charge < -0.3 is 15.1 Å². The van der Waals surface area contributed by atoms with Crippen molar-refractivity contribution < 1.29 is 4.79 Å². The van der Waals surface area contributed by atoms with Crippen molar-refractivity contribution in [2.45, 2.75) is 19.8 Å². The predicted molar refractivity (Wildman–Crippen MR) is 105 cm³/mol. The normalized spacial score (nSPS) is 14.4. The highest BCUT2D eigenvalue weighted by molar-refractivity contribution is 6.30. The van der Waals surface area contributed by atoms with Gasteiger partial charge in [-0.2, -0.15) is 0 Å². The number of anilines is 2. The van der Waals surface area contributed by atoms with E-state index in [2.05, 4.69) is 38.1 Å². The molecule has 0 bridgehead atoms. The number of carbonyl (C=O) groups excluding carboxylic acids is 1. The van der Waals surface area contributed by atoms with Gasteiger partial charge in [0.05, 0.1) is 5.56 Å². The summed E-state index contributed by atoms with van der Waals surface area (Å²) in [6.07, 6.45) is 5.23. The van der Waals surface area contributed by atoms with E-state index >= 15 is 0 Å². The molecule has 6 nitrogen and oxygen atoms in total. The smallest absolute Gasteiger partial charge is 0.254 e. The maximum absolute atomic E-state index is 12.0. The lowest BCUT2D eigenvalue weighted by Gasteiger charge is -2.36. The molecule has 1 fully saturated rings. The van der Waals surface area contributed by atoms with Gasteiger partial charge in [-0.25, -0.2) is 9.97 Å². The van der Waals surface area contributed by atoms with E-state index in [9.17, 15) is 4.79 Å². The molecule has 0 unspecified atom stereocenters. The van der Waals surface area contributed by atoms with E-state index in [-0.39, 0.29) is 5.91 Å². The molecular formula is C19H24ClN5O. The summed E-state index contributed by atoms with van der Waals surface area (Å²) in [6, 6.07) is 7.91. The molecule has 138 valence electrons. The van der Waals surface area contributed by atoms with Crippen molar-refractivity contribution in [3.05, 3.63) is 47.2 Å². The molecular weight excluding hydrogens is 350 g/mol. The Morgan fingerprint density at radius 3 is 2.50 bits per heavy atom. The number of benzene rings is 1. The summed E-state index contributed by atoms with van der Waals surface area (Å²) in [7, 11) is 0. The van der Waals surface area contributed by atoms with Gasteiger partial charge in [-0.3, -0.25) is 4.79 Å². The second kappa shape index (κ2) is 8.85. The second-order valence-corrected chi connectivity index (χ2v) is 6.77. The molecule has 1 amide bonds. The number of unbranched alkanes of at least 4 members (excludes halogenated alkanes) is 1. The van der Waals surface area contributed by atoms with Gasteiger partial charge in [-0.05, 0) is 24.6 Å². The summed E-state index contributed by atoms with van der Waals surface area (Å²) in [5, 5.41) is 3.63. The number of rotatable bonds is 6. The highest BCUT2D eigenvalue weighted by Crippen LogP contribution is 2.21. The lowest BCUT2D eigenvalue weighted by Crippen LogP contribution is -2.47. The summed E-state index contributed by atoms with van der Waals surface area (Å²) < 4.78 is 0. The van der Waals surface area contributed by atoms with Crippen LogP contribution in [0, 0.1) is 0 Å². The van der Waals surface area contributed by atoms with E-state index in [4.69, 9.17) is 11.6 Å². The number of nitrogens with one attached hydrogen (secondary N) is 1. The maximum Gasteiger partial charge on any atom is 0.254 e. The first-order valence-corrected chi connectivity index (χ1v) is 9.41. The summed E-state index contributed by atoms with van der Waals surface area (Å²) in [4.78, 5) is 25.2. The van der Waals surface area contributed by atoms with Crippen LogP contribution in [0.4, 0.5) is 11.6 Å². The molecule has 7 heteroatoms. The lowest BCUT2D eigenvalue weighted by molar-refractivity contribution is 0.0952. The van der Waals surface area contributed by atoms with Gasteiger partial charge in [0, 0.05) is 55.8 Å². The van der Waals surface area contributed by atoms with Gasteiger partial charge in [-0.15, -0.1) is 0 Å². The Kier molecular flexibility index (Phi) is 6.28. The number of hydrogen-bond donors (Lipinski definition) is 1. The van der Waals surface area contributed by atoms with Crippen LogP contribution in [0.1, 0.15) is 30.1 Å². The Balaban J connectivity index is 1.55. The summed E-state index contributed by atoms with van der Waals surface area (Å²) in [5.74, 6) is 0.552. The highest BCUT2D eigenvalue weighted by Gasteiger charge is 2.19. The van der Waals surface area contributed by atoms with Crippen molar-refractivity contribution in [3.63, 3.8) is 0 Å². The van der Waals surface area contributed by atoms with Crippen LogP contribution in [0.5, 0.6) is 0 Å². The van der Waals surface area contributed by atoms with Gasteiger partial charge in [-0.1, -0.05) is 31.0 Å². The van der Waals surface area contributed by atoms with Gasteiger partial charge in [0.1, 0.15) is 0 Å². The molecule has 1 aromatic heterocycles. The number of nitrogens with zero attached hydrogens (tertiary/aromatic N) is 4. The van der Waals surface area contributed by atoms with Crippen LogP contribution < -0.4 is 15.1 Å². The molecule has 26 heavy (non-hydrogen) atoms. The fourth-order valence-corrected chi connectivity index (χ4v) is 3.10. The molecule has 3 rings (SSSR count). The quantitative estimate of drug-likeness (QED) is 0.789. The fourth-order valence-electron chi connectivity index (χ4n) is 2.92. The molecule has 2 aromatic rings. The topological polar surface area (TPSA) is 61.4 Å². The minimum absolute atomic E-state index is 0.115. The van der Waals surface area contributed by atoms with Crippen molar-refractivity contribution in [1.82, 2.24) is 15.3 Å². The van der Waals surface area contributed by atoms with Gasteiger partial charge in [0.25, 0.3) is 5.91 Å². The molecule has 0 radical (unpaired) electrons. The average molecular weight is 374 g/mol. The van der Waals surface area contributed by atoms with Crippen molar-refractivity contribution in [2.75, 3.05) is 42.5 Å². The van der Waals surface area contributed by atoms with Gasteiger partial charge in [0.15, 0.2) is 0 Å². The number of hydrogen-bond acceptors (Lipinski definition) is 5. The molecule has 1 saturated heterocycles. The van der Waals surface area contributed by atoms with E-state index < -0.39 is 0 Å². The minimum Gasteiger partial charge on any atom is -0.368 e. The Bertz CT molecular complexity index is 729. The molecule has 1 aliphatic rings. The minimum atomic E-state index is -0.115. The van der Waals surface area contributed by atoms with Crippen LogP contribution in [0.15, 0.2) is 36.7 Å². The maximum atomic E-state index is 12.0. The van der Waals surface area contributed by atoms with Gasteiger partial charge in [0.2, 0.25) is 5.95 Å². The van der Waals surface area contributed by atoms with Crippen LogP contribution in [-0.2, 0) is 0 Å². The monoisotopic (exact) mass is 373 g/mol. The van der Waals surface area contributed by atoms with Crippen LogP contribution in [0.25, 0.3) is 0 Å². The first kappa shape index (κ1) is 18.5. The summed E-state index contributed by atoms with van der Waals surface area (Å²) >= 11 is 6.08. The van der Waals surface area contributed by atoms with Crippen molar-refractivity contribution >= 4 is 29.1 Å². The predicted octanol–water partition coefficient (Wildman–Crippen LogP) is 2.99. The van der Waals surface area contributed by atoms with E-state index in [0.29, 0.717) is 18.1 Å². The molecule has 0 spiro atoms. The van der Waals surface area contributed by atoms with E-state index in [1.54, 1.807) is 12.4 Å². The van der Waals surface area contributed by atoms with Crippen LogP contribution in [-0.4, -0.2) is 48.6 Å². The third-order valence-electron chi connectivity index (χ3n) is 4.45. The van der Waals surface area contributed by atoms with E-state index in [1.807, 2.05) is 18.2 Å². The van der Waals surface area contributed by atoms with E-state index in [0.717, 1.165) is 49.7 Å². The zero-order valence-electron chi connectivity index (χ0n) is 15.0. The third-order valence-corrected chi connectivity index (χ3v) is 4.69. The Hall–Kier alpha value is -2.34. The lowest BCUT2D eigenvalue weighted by atomic mass is 10.2. The van der Waals surface area contributed by atoms with Crippen molar-refractivity contribution in [1.29, 1.82) is 0 Å². The zero-order chi connectivity index (χ0) is 18.4. The zero-order valence-corrected chi connectivity index (χ0v) is 15.7. The average Bonchev–Trinajstić information content (AvgIpc) is 2.68. The first-order chi connectivity index (χ1) is 12.7. The molecule has 0 atom stereocenters. The van der Waals surface area contributed by atoms with Crippen LogP contribution in [0.3, 0.4) is 0 Å². The number of carbonyl (C=O) groups is 1. The molecule has 2 heterocycles. The largest absolute Gasteiger partial charge is 0.368 e. The van der Waals surface area contributed by atoms with Crippen LogP contribution >= 0.6 is 11.6 Å². The molecule has 0 aliphatic carbocycles. The molecule has 1 aromatic carbocycles. The SMILES string of the molecule is CCCCNC(=O)c1cnc(N2CCN(c3cccc(Cl)c3)CC2)nc1. The third kappa shape index (κ3) is 4.64. The van der Waals surface area contributed by atoms with Gasteiger partial charge >= 0.3 is 0 Å². The Morgan fingerprint density at radius 1 is 1.15 bits per heavy atom. The van der Waals surface area contributed by atoms with Crippen molar-refractivity contribution in [2.24, 2.45) is 0 Å². The summed E-state index contributed by atoms with van der Waals surface area (Å²) in [5.41, 5.74) is 1.64. The van der Waals surface area contributed by atoms with Crippen molar-refractivity contribution in [3.8, 4) is 0 Å². The highest BCUT2D eigenvalue weighted by atomic mass is 35.5. The fraction of sp³-hybridized carbons (Fsp3) is 0.421. The Morgan fingerprint density at radius 2 is 1.85 bits per heavy atom. The molecule has 0 saturated carbocycles. The number of aromatic nitrogens is 2. The first-order valence-electron chi connectivity index (χ1n) is 9.03. The van der Waals surface area contributed by atoms with Crippen LogP contribution in [0.2, 0.25) is 5.02 Å². The Labute approximate surface area is 159 Å². The second-order valence-electron chi connectivity index (χ2n) is 6.34. The molecule has 1 aliphatic heterocycles. The number of piperazine rings is 1. The van der Waals surface area contributed by atoms with E-state index in [1.165, 1.54) is 0 Å².